The molecule has 1 heterocycles. The molecule has 1 aromatic carbocycles. The second-order valence-corrected chi connectivity index (χ2v) is 10.2. The van der Waals surface area contributed by atoms with Gasteiger partial charge in [0.15, 0.2) is 0 Å². The second-order valence-electron chi connectivity index (χ2n) is 8.75. The quantitative estimate of drug-likeness (QED) is 0.330. The van der Waals surface area contributed by atoms with Crippen LogP contribution in [-0.2, 0) is 22.5 Å². The van der Waals surface area contributed by atoms with Crippen LogP contribution in [0, 0.1) is 23.2 Å². The molecule has 182 valence electrons. The molecule has 1 N–H and O–H groups in total. The summed E-state index contributed by atoms with van der Waals surface area (Å²) >= 11 is 0. The lowest BCUT2D eigenvalue weighted by Crippen LogP contribution is -2.38. The Bertz CT molecular complexity index is 889. The number of piperidine rings is 1. The van der Waals surface area contributed by atoms with Gasteiger partial charge in [0.2, 0.25) is 0 Å². The Morgan fingerprint density at radius 2 is 1.38 bits per heavy atom. The molecule has 0 unspecified atom stereocenters. The Kier molecular flexibility index (Phi) is 9.22. The molecule has 1 fully saturated rings. The molecule has 0 aromatic heterocycles. The predicted molar refractivity (Wildman–Crippen MR) is 109 cm³/mol. The number of hydrogen-bond acceptors (Lipinski definition) is 3. The highest BCUT2D eigenvalue weighted by Crippen LogP contribution is 2.36. The number of halogens is 6. The van der Waals surface area contributed by atoms with Crippen molar-refractivity contribution in [2.75, 3.05) is 25.9 Å². The zero-order valence-corrected chi connectivity index (χ0v) is 19.0. The Balaban J connectivity index is 0.000000920. The van der Waals surface area contributed by atoms with Crippen molar-refractivity contribution in [3.63, 3.8) is 0 Å². The van der Waals surface area contributed by atoms with Gasteiger partial charge in [-0.25, -0.2) is 0 Å². The Labute approximate surface area is 184 Å². The van der Waals surface area contributed by atoms with Crippen molar-refractivity contribution in [2.24, 2.45) is 11.3 Å². The fourth-order valence-corrected chi connectivity index (χ4v) is 3.24. The van der Waals surface area contributed by atoms with Crippen LogP contribution in [0.25, 0.3) is 0 Å². The van der Waals surface area contributed by atoms with E-state index in [1.807, 2.05) is 0 Å². The van der Waals surface area contributed by atoms with Gasteiger partial charge in [-0.2, -0.15) is 34.8 Å². The molecule has 1 aromatic rings. The van der Waals surface area contributed by atoms with Gasteiger partial charge < -0.3 is 0 Å². The van der Waals surface area contributed by atoms with E-state index in [2.05, 4.69) is 37.5 Å². The third-order valence-corrected chi connectivity index (χ3v) is 4.94. The maximum absolute atomic E-state index is 12.9. The Morgan fingerprint density at radius 3 is 1.72 bits per heavy atom. The van der Waals surface area contributed by atoms with Gasteiger partial charge in [0.1, 0.15) is 0 Å². The summed E-state index contributed by atoms with van der Waals surface area (Å²) in [5.74, 6) is 5.79. The second kappa shape index (κ2) is 10.4. The van der Waals surface area contributed by atoms with E-state index in [1.165, 1.54) is 0 Å². The SMILES string of the molecule is CC(C)(C)C1CCN(CC#Cc2cc(C(F)(F)F)cc(C(F)(F)F)c2)CC1.CS(=O)(=O)O. The van der Waals surface area contributed by atoms with Gasteiger partial charge in [-0.3, -0.25) is 9.45 Å². The van der Waals surface area contributed by atoms with Crippen molar-refractivity contribution in [2.45, 2.75) is 46.0 Å². The molecule has 0 amide bonds. The van der Waals surface area contributed by atoms with E-state index in [-0.39, 0.29) is 17.0 Å². The number of rotatable bonds is 1. The van der Waals surface area contributed by atoms with Crippen LogP contribution in [0.5, 0.6) is 0 Å². The first kappa shape index (κ1) is 28.3. The average Bonchev–Trinajstić information content (AvgIpc) is 2.58. The smallest absolute Gasteiger partial charge is 0.292 e. The molecular formula is C21H27F6NO3S. The van der Waals surface area contributed by atoms with E-state index in [4.69, 9.17) is 4.55 Å². The average molecular weight is 488 g/mol. The summed E-state index contributed by atoms with van der Waals surface area (Å²) in [4.78, 5) is 2.08. The lowest BCUT2D eigenvalue weighted by Gasteiger charge is -2.38. The molecular weight excluding hydrogens is 460 g/mol. The molecule has 0 saturated carbocycles. The summed E-state index contributed by atoms with van der Waals surface area (Å²) in [6.45, 7) is 8.56. The van der Waals surface area contributed by atoms with Crippen LogP contribution in [0.1, 0.15) is 50.3 Å². The van der Waals surface area contributed by atoms with Crippen LogP contribution in [0.2, 0.25) is 0 Å². The van der Waals surface area contributed by atoms with Gasteiger partial charge in [0.25, 0.3) is 10.1 Å². The van der Waals surface area contributed by atoms with Gasteiger partial charge >= 0.3 is 12.4 Å². The van der Waals surface area contributed by atoms with Crippen LogP contribution in [0.4, 0.5) is 26.3 Å². The number of alkyl halides is 6. The molecule has 2 rings (SSSR count). The summed E-state index contributed by atoms with van der Waals surface area (Å²) in [7, 11) is -3.67. The van der Waals surface area contributed by atoms with Gasteiger partial charge in [-0.1, -0.05) is 32.6 Å². The van der Waals surface area contributed by atoms with E-state index in [0.717, 1.165) is 25.9 Å². The highest BCUT2D eigenvalue weighted by atomic mass is 32.2. The molecule has 1 saturated heterocycles. The van der Waals surface area contributed by atoms with Crippen LogP contribution in [0.15, 0.2) is 18.2 Å². The largest absolute Gasteiger partial charge is 0.416 e. The first-order valence-corrected chi connectivity index (χ1v) is 11.5. The van der Waals surface area contributed by atoms with Crippen molar-refractivity contribution in [1.29, 1.82) is 0 Å². The lowest BCUT2D eigenvalue weighted by molar-refractivity contribution is -0.143. The van der Waals surface area contributed by atoms with Gasteiger partial charge in [0, 0.05) is 5.56 Å². The van der Waals surface area contributed by atoms with Crippen molar-refractivity contribution in [3.05, 3.63) is 34.9 Å². The fraction of sp³-hybridized carbons (Fsp3) is 0.619. The van der Waals surface area contributed by atoms with E-state index in [1.54, 1.807) is 0 Å². The first-order chi connectivity index (χ1) is 14.3. The molecule has 0 bridgehead atoms. The molecule has 0 spiro atoms. The number of benzene rings is 1. The normalized spacial score (nSPS) is 16.6. The van der Waals surface area contributed by atoms with E-state index < -0.39 is 33.6 Å². The Hall–Kier alpha value is -1.77. The monoisotopic (exact) mass is 487 g/mol. The molecule has 0 radical (unpaired) electrons. The van der Waals surface area contributed by atoms with E-state index in [9.17, 15) is 34.8 Å². The van der Waals surface area contributed by atoms with Crippen LogP contribution in [0.3, 0.4) is 0 Å². The lowest BCUT2D eigenvalue weighted by atomic mass is 9.75. The number of nitrogens with zero attached hydrogens (tertiary/aromatic N) is 1. The van der Waals surface area contributed by atoms with Crippen molar-refractivity contribution >= 4 is 10.1 Å². The molecule has 0 aliphatic carbocycles. The number of likely N-dealkylation sites (tertiary alicyclic amines) is 1. The molecule has 32 heavy (non-hydrogen) atoms. The summed E-state index contributed by atoms with van der Waals surface area (Å²) in [6, 6.07) is 1.44. The maximum atomic E-state index is 12.9. The first-order valence-electron chi connectivity index (χ1n) is 9.70. The van der Waals surface area contributed by atoms with Crippen molar-refractivity contribution in [1.82, 2.24) is 4.90 Å². The predicted octanol–water partition coefficient (Wildman–Crippen LogP) is 5.34. The zero-order chi connectivity index (χ0) is 25.0. The van der Waals surface area contributed by atoms with Crippen molar-refractivity contribution < 1.29 is 39.3 Å². The molecule has 0 atom stereocenters. The standard InChI is InChI=1S/C20H23F6N.CH4O3S/c1-18(2,3)15-6-9-27(10-7-15)8-4-5-14-11-16(19(21,22)23)13-17(12-14)20(24,25)26;1-5(2,3)4/h11-13,15H,6-10H2,1-3H3;1H3,(H,2,3,4). The Morgan fingerprint density at radius 1 is 0.969 bits per heavy atom. The minimum atomic E-state index is -4.85. The van der Waals surface area contributed by atoms with Crippen LogP contribution in [-0.4, -0.2) is 43.8 Å². The minimum Gasteiger partial charge on any atom is -0.292 e. The summed E-state index contributed by atoms with van der Waals surface area (Å²) < 4.78 is 103. The fourth-order valence-electron chi connectivity index (χ4n) is 3.24. The van der Waals surface area contributed by atoms with Gasteiger partial charge in [-0.15, -0.1) is 0 Å². The third-order valence-electron chi connectivity index (χ3n) is 4.94. The van der Waals surface area contributed by atoms with Crippen LogP contribution >= 0.6 is 0 Å². The number of hydrogen-bond donors (Lipinski definition) is 1. The summed E-state index contributed by atoms with van der Waals surface area (Å²) in [5.41, 5.74) is -2.73. The summed E-state index contributed by atoms with van der Waals surface area (Å²) in [5, 5.41) is 0. The van der Waals surface area contributed by atoms with E-state index in [0.29, 0.717) is 30.9 Å². The van der Waals surface area contributed by atoms with Gasteiger partial charge in [-0.05, 0) is 55.5 Å². The van der Waals surface area contributed by atoms with E-state index >= 15 is 0 Å². The third kappa shape index (κ3) is 10.7. The highest BCUT2D eigenvalue weighted by Gasteiger charge is 2.36. The topological polar surface area (TPSA) is 57.6 Å². The molecule has 1 aliphatic heterocycles. The molecule has 1 aliphatic rings. The molecule has 4 nitrogen and oxygen atoms in total. The highest BCUT2D eigenvalue weighted by molar-refractivity contribution is 7.85. The van der Waals surface area contributed by atoms with Crippen molar-refractivity contribution in [3.8, 4) is 11.8 Å². The minimum absolute atomic E-state index is 0.114. The van der Waals surface area contributed by atoms with Crippen LogP contribution < -0.4 is 0 Å². The maximum Gasteiger partial charge on any atom is 0.416 e. The van der Waals surface area contributed by atoms with Gasteiger partial charge in [0.05, 0.1) is 23.9 Å². The molecule has 11 heteroatoms. The zero-order valence-electron chi connectivity index (χ0n) is 18.2. The summed E-state index contributed by atoms with van der Waals surface area (Å²) in [6.07, 6.45) is -6.98.